The number of ether oxygens (including phenoxy) is 1. The summed E-state index contributed by atoms with van der Waals surface area (Å²) in [5, 5.41) is 0.676. The maximum absolute atomic E-state index is 5.97. The fourth-order valence-electron chi connectivity index (χ4n) is 1.67. The van der Waals surface area contributed by atoms with E-state index < -0.39 is 0 Å². The van der Waals surface area contributed by atoms with Crippen LogP contribution in [0.5, 0.6) is 5.75 Å². The van der Waals surface area contributed by atoms with Crippen molar-refractivity contribution >= 4 is 11.6 Å². The van der Waals surface area contributed by atoms with Gasteiger partial charge in [0.1, 0.15) is 5.75 Å². The molecule has 1 aliphatic carbocycles. The third kappa shape index (κ3) is 2.64. The molecule has 3 heteroatoms. The highest BCUT2D eigenvalue weighted by molar-refractivity contribution is 6.32. The average Bonchev–Trinajstić information content (AvgIpc) is 3.02. The molecule has 0 aromatic heterocycles. The van der Waals surface area contributed by atoms with Crippen LogP contribution in [-0.4, -0.2) is 13.2 Å². The van der Waals surface area contributed by atoms with Crippen molar-refractivity contribution in [3.63, 3.8) is 0 Å². The van der Waals surface area contributed by atoms with Crippen LogP contribution in [0.25, 0.3) is 0 Å². The Bertz CT molecular complexity index is 336. The van der Waals surface area contributed by atoms with Crippen molar-refractivity contribution in [3.05, 3.63) is 29.3 Å². The molecule has 1 saturated carbocycles. The zero-order chi connectivity index (χ0) is 10.7. The summed E-state index contributed by atoms with van der Waals surface area (Å²) in [7, 11) is 0. The highest BCUT2D eigenvalue weighted by Gasteiger charge is 2.40. The molecule has 0 unspecified atom stereocenters. The van der Waals surface area contributed by atoms with Gasteiger partial charge in [0.25, 0.3) is 0 Å². The molecule has 0 heterocycles. The predicted octanol–water partition coefficient (Wildman–Crippen LogP) is 2.85. The van der Waals surface area contributed by atoms with Gasteiger partial charge in [-0.25, -0.2) is 0 Å². The molecule has 1 aromatic rings. The van der Waals surface area contributed by atoms with Gasteiger partial charge in [0.15, 0.2) is 0 Å². The van der Waals surface area contributed by atoms with Crippen LogP contribution in [0.15, 0.2) is 24.3 Å². The predicted molar refractivity (Wildman–Crippen MR) is 62.3 cm³/mol. The maximum Gasteiger partial charge on any atom is 0.137 e. The van der Waals surface area contributed by atoms with E-state index in [9.17, 15) is 0 Å². The summed E-state index contributed by atoms with van der Waals surface area (Å²) < 4.78 is 5.63. The molecule has 0 spiro atoms. The summed E-state index contributed by atoms with van der Waals surface area (Å²) in [6.07, 6.45) is 3.53. The maximum atomic E-state index is 5.97. The van der Waals surface area contributed by atoms with Crippen LogP contribution in [0.2, 0.25) is 5.02 Å². The van der Waals surface area contributed by atoms with Gasteiger partial charge in [-0.3, -0.25) is 0 Å². The lowest BCUT2D eigenvalue weighted by molar-refractivity contribution is 0.272. The molecule has 2 N–H and O–H groups in total. The van der Waals surface area contributed by atoms with Crippen molar-refractivity contribution in [1.82, 2.24) is 0 Å². The van der Waals surface area contributed by atoms with Gasteiger partial charge in [-0.2, -0.15) is 0 Å². The standard InChI is InChI=1S/C12H16ClNO/c13-10-3-1-2-4-11(10)15-8-7-12(9-14)5-6-12/h1-4H,5-9,14H2. The number of nitrogens with two attached hydrogens (primary N) is 1. The lowest BCUT2D eigenvalue weighted by atomic mass is 10.0. The van der Waals surface area contributed by atoms with Gasteiger partial charge >= 0.3 is 0 Å². The molecule has 2 nitrogen and oxygen atoms in total. The van der Waals surface area contributed by atoms with Crippen molar-refractivity contribution < 1.29 is 4.74 Å². The largest absolute Gasteiger partial charge is 0.492 e. The summed E-state index contributed by atoms with van der Waals surface area (Å²) in [4.78, 5) is 0. The van der Waals surface area contributed by atoms with E-state index in [4.69, 9.17) is 22.1 Å². The van der Waals surface area contributed by atoms with Crippen LogP contribution in [0.3, 0.4) is 0 Å². The number of benzene rings is 1. The molecule has 0 aliphatic heterocycles. The monoisotopic (exact) mass is 225 g/mol. The third-order valence-corrected chi connectivity index (χ3v) is 3.43. The summed E-state index contributed by atoms with van der Waals surface area (Å²) >= 11 is 5.97. The minimum absolute atomic E-state index is 0.376. The van der Waals surface area contributed by atoms with Crippen LogP contribution in [0, 0.1) is 5.41 Å². The molecule has 1 fully saturated rings. The van der Waals surface area contributed by atoms with Gasteiger partial charge in [-0.05, 0) is 43.4 Å². The highest BCUT2D eigenvalue weighted by Crippen LogP contribution is 2.47. The Morgan fingerprint density at radius 2 is 2.07 bits per heavy atom. The third-order valence-electron chi connectivity index (χ3n) is 3.12. The van der Waals surface area contributed by atoms with Gasteiger partial charge < -0.3 is 10.5 Å². The molecule has 0 radical (unpaired) electrons. The second kappa shape index (κ2) is 4.42. The Morgan fingerprint density at radius 1 is 1.33 bits per heavy atom. The molecule has 0 bridgehead atoms. The molecule has 0 amide bonds. The first-order chi connectivity index (χ1) is 7.26. The average molecular weight is 226 g/mol. The van der Waals surface area contributed by atoms with Gasteiger partial charge in [-0.1, -0.05) is 23.7 Å². The Hall–Kier alpha value is -0.730. The first kappa shape index (κ1) is 10.8. The van der Waals surface area contributed by atoms with Crippen LogP contribution in [0.1, 0.15) is 19.3 Å². The minimum Gasteiger partial charge on any atom is -0.492 e. The van der Waals surface area contributed by atoms with Crippen LogP contribution < -0.4 is 10.5 Å². The smallest absolute Gasteiger partial charge is 0.137 e. The molecule has 0 saturated heterocycles. The molecule has 1 aliphatic rings. The quantitative estimate of drug-likeness (QED) is 0.837. The molecular weight excluding hydrogens is 210 g/mol. The Balaban J connectivity index is 1.81. The Morgan fingerprint density at radius 3 is 2.67 bits per heavy atom. The van der Waals surface area contributed by atoms with Crippen molar-refractivity contribution in [1.29, 1.82) is 0 Å². The van der Waals surface area contributed by atoms with Crippen molar-refractivity contribution in [3.8, 4) is 5.75 Å². The number of halogens is 1. The fraction of sp³-hybridized carbons (Fsp3) is 0.500. The van der Waals surface area contributed by atoms with E-state index in [1.165, 1.54) is 12.8 Å². The SMILES string of the molecule is NCC1(CCOc2ccccc2Cl)CC1. The number of hydrogen-bond donors (Lipinski definition) is 1. The Kier molecular flexibility index (Phi) is 3.17. The first-order valence-corrected chi connectivity index (χ1v) is 5.71. The normalized spacial score (nSPS) is 17.5. The van der Waals surface area contributed by atoms with Crippen LogP contribution in [0.4, 0.5) is 0 Å². The zero-order valence-electron chi connectivity index (χ0n) is 8.71. The van der Waals surface area contributed by atoms with E-state index in [1.54, 1.807) is 0 Å². The summed E-state index contributed by atoms with van der Waals surface area (Å²) in [5.41, 5.74) is 6.07. The number of hydrogen-bond acceptors (Lipinski definition) is 2. The number of para-hydroxylation sites is 1. The molecule has 15 heavy (non-hydrogen) atoms. The second-order valence-electron chi connectivity index (χ2n) is 4.23. The molecular formula is C12H16ClNO. The van der Waals surface area contributed by atoms with Gasteiger partial charge in [0.2, 0.25) is 0 Å². The molecule has 0 atom stereocenters. The van der Waals surface area contributed by atoms with Crippen molar-refractivity contribution in [2.45, 2.75) is 19.3 Å². The Labute approximate surface area is 95.4 Å². The minimum atomic E-state index is 0.376. The summed E-state index contributed by atoms with van der Waals surface area (Å²) in [6, 6.07) is 7.56. The van der Waals surface area contributed by atoms with E-state index >= 15 is 0 Å². The fourth-order valence-corrected chi connectivity index (χ4v) is 1.86. The molecule has 82 valence electrons. The van der Waals surface area contributed by atoms with E-state index in [1.807, 2.05) is 24.3 Å². The van der Waals surface area contributed by atoms with Gasteiger partial charge in [0, 0.05) is 0 Å². The lowest BCUT2D eigenvalue weighted by Gasteiger charge is -2.13. The van der Waals surface area contributed by atoms with Crippen LogP contribution in [-0.2, 0) is 0 Å². The molecule has 1 aromatic carbocycles. The van der Waals surface area contributed by atoms with E-state index in [-0.39, 0.29) is 0 Å². The van der Waals surface area contributed by atoms with Crippen molar-refractivity contribution in [2.24, 2.45) is 11.1 Å². The van der Waals surface area contributed by atoms with Gasteiger partial charge in [-0.15, -0.1) is 0 Å². The zero-order valence-corrected chi connectivity index (χ0v) is 9.46. The van der Waals surface area contributed by atoms with E-state index in [0.29, 0.717) is 17.0 Å². The summed E-state index contributed by atoms with van der Waals surface area (Å²) in [6.45, 7) is 1.49. The first-order valence-electron chi connectivity index (χ1n) is 5.33. The van der Waals surface area contributed by atoms with Gasteiger partial charge in [0.05, 0.1) is 11.6 Å². The second-order valence-corrected chi connectivity index (χ2v) is 4.64. The van der Waals surface area contributed by atoms with E-state index in [2.05, 4.69) is 0 Å². The van der Waals surface area contributed by atoms with Crippen LogP contribution >= 0.6 is 11.6 Å². The summed E-state index contributed by atoms with van der Waals surface area (Å²) in [5.74, 6) is 0.770. The molecule has 2 rings (SSSR count). The van der Waals surface area contributed by atoms with E-state index in [0.717, 1.165) is 18.7 Å². The van der Waals surface area contributed by atoms with Crippen molar-refractivity contribution in [2.75, 3.05) is 13.2 Å². The number of rotatable bonds is 5. The topological polar surface area (TPSA) is 35.2 Å². The lowest BCUT2D eigenvalue weighted by Crippen LogP contribution is -2.18. The highest BCUT2D eigenvalue weighted by atomic mass is 35.5.